The van der Waals surface area contributed by atoms with E-state index >= 15 is 0 Å². The number of rotatable bonds is 6. The highest BCUT2D eigenvalue weighted by atomic mass is 35.5. The highest BCUT2D eigenvalue weighted by Gasteiger charge is 2.17. The molecule has 9 heteroatoms. The van der Waals surface area contributed by atoms with Gasteiger partial charge >= 0.3 is 11.8 Å². The molecule has 0 radical (unpaired) electrons. The van der Waals surface area contributed by atoms with Crippen LogP contribution in [0.1, 0.15) is 21.0 Å². The Hall–Kier alpha value is -3.26. The zero-order chi connectivity index (χ0) is 19.2. The number of benzene rings is 2. The number of hydrogen-bond acceptors (Lipinski definition) is 5. The van der Waals surface area contributed by atoms with Crippen molar-refractivity contribution in [1.82, 2.24) is 20.8 Å². The number of amides is 2. The first-order chi connectivity index (χ1) is 13.0. The van der Waals surface area contributed by atoms with Gasteiger partial charge in [0.25, 0.3) is 5.91 Å². The molecule has 27 heavy (non-hydrogen) atoms. The zero-order valence-electron chi connectivity index (χ0n) is 13.9. The van der Waals surface area contributed by atoms with E-state index in [0.29, 0.717) is 10.6 Å². The highest BCUT2D eigenvalue weighted by Crippen LogP contribution is 2.19. The van der Waals surface area contributed by atoms with Crippen LogP contribution in [0, 0.1) is 5.82 Å². The lowest BCUT2D eigenvalue weighted by atomic mass is 10.2. The zero-order valence-corrected chi connectivity index (χ0v) is 14.7. The third-order valence-corrected chi connectivity index (χ3v) is 3.79. The standard InChI is InChI=1S/C18H14ClFN4O3/c19-12-7-5-11(6-8-12)16(25)21-9-10-22-17(26)18-23-15(24-27-18)13-3-1-2-4-14(13)20/h1-8H,9-10H2,(H,21,25)(H,22,26). The van der Waals surface area contributed by atoms with E-state index in [-0.39, 0.29) is 36.3 Å². The van der Waals surface area contributed by atoms with Gasteiger partial charge in [0.2, 0.25) is 5.82 Å². The monoisotopic (exact) mass is 388 g/mol. The van der Waals surface area contributed by atoms with Crippen LogP contribution in [0.5, 0.6) is 0 Å². The molecule has 0 aliphatic rings. The topological polar surface area (TPSA) is 97.1 Å². The van der Waals surface area contributed by atoms with Gasteiger partial charge in [0, 0.05) is 23.7 Å². The SMILES string of the molecule is O=C(NCCNC(=O)c1nc(-c2ccccc2F)no1)c1ccc(Cl)cc1. The van der Waals surface area contributed by atoms with Crippen molar-refractivity contribution < 1.29 is 18.5 Å². The van der Waals surface area contributed by atoms with Crippen LogP contribution >= 0.6 is 11.6 Å². The van der Waals surface area contributed by atoms with Gasteiger partial charge in [0.15, 0.2) is 0 Å². The van der Waals surface area contributed by atoms with Crippen molar-refractivity contribution in [1.29, 1.82) is 0 Å². The van der Waals surface area contributed by atoms with Crippen LogP contribution in [0.15, 0.2) is 53.1 Å². The van der Waals surface area contributed by atoms with E-state index in [9.17, 15) is 14.0 Å². The van der Waals surface area contributed by atoms with E-state index in [0.717, 1.165) is 0 Å². The Labute approximate surface area is 158 Å². The first kappa shape index (κ1) is 18.5. The van der Waals surface area contributed by atoms with Crippen LogP contribution in [-0.4, -0.2) is 35.0 Å². The normalized spacial score (nSPS) is 10.4. The summed E-state index contributed by atoms with van der Waals surface area (Å²) in [5, 5.41) is 9.32. The third kappa shape index (κ3) is 4.68. The van der Waals surface area contributed by atoms with Crippen molar-refractivity contribution in [2.75, 3.05) is 13.1 Å². The molecular weight excluding hydrogens is 375 g/mol. The van der Waals surface area contributed by atoms with Crippen LogP contribution in [0.3, 0.4) is 0 Å². The Bertz CT molecular complexity index is 959. The van der Waals surface area contributed by atoms with E-state index in [2.05, 4.69) is 20.8 Å². The molecule has 1 heterocycles. The van der Waals surface area contributed by atoms with Crippen molar-refractivity contribution in [3.63, 3.8) is 0 Å². The minimum atomic E-state index is -0.620. The molecule has 2 aromatic carbocycles. The molecule has 2 N–H and O–H groups in total. The number of carbonyl (C=O) groups is 2. The summed E-state index contributed by atoms with van der Waals surface area (Å²) < 4.78 is 18.6. The number of aromatic nitrogens is 2. The summed E-state index contributed by atoms with van der Waals surface area (Å²) in [6.45, 7) is 0.344. The largest absolute Gasteiger partial charge is 0.350 e. The predicted molar refractivity (Wildman–Crippen MR) is 95.8 cm³/mol. The fraction of sp³-hybridized carbons (Fsp3) is 0.111. The average Bonchev–Trinajstić information content (AvgIpc) is 3.16. The van der Waals surface area contributed by atoms with Crippen molar-refractivity contribution in [3.05, 3.63) is 70.8 Å². The van der Waals surface area contributed by atoms with Gasteiger partial charge in [-0.2, -0.15) is 4.98 Å². The van der Waals surface area contributed by atoms with Gasteiger partial charge in [-0.15, -0.1) is 0 Å². The predicted octanol–water partition coefficient (Wildman–Crippen LogP) is 2.69. The lowest BCUT2D eigenvalue weighted by molar-refractivity contribution is 0.0898. The third-order valence-electron chi connectivity index (χ3n) is 3.54. The molecular formula is C18H14ClFN4O3. The fourth-order valence-electron chi connectivity index (χ4n) is 2.20. The van der Waals surface area contributed by atoms with Gasteiger partial charge in [0.1, 0.15) is 5.82 Å². The Kier molecular flexibility index (Phi) is 5.77. The highest BCUT2D eigenvalue weighted by molar-refractivity contribution is 6.30. The molecule has 0 spiro atoms. The Morgan fingerprint density at radius 1 is 1.00 bits per heavy atom. The van der Waals surface area contributed by atoms with Gasteiger partial charge in [-0.3, -0.25) is 9.59 Å². The van der Waals surface area contributed by atoms with Gasteiger partial charge in [-0.1, -0.05) is 28.9 Å². The molecule has 0 atom stereocenters. The van der Waals surface area contributed by atoms with Crippen LogP contribution in [0.2, 0.25) is 5.02 Å². The van der Waals surface area contributed by atoms with Crippen LogP contribution < -0.4 is 10.6 Å². The molecule has 3 aromatic rings. The maximum absolute atomic E-state index is 13.7. The molecule has 0 fully saturated rings. The molecule has 3 rings (SSSR count). The van der Waals surface area contributed by atoms with Crippen molar-refractivity contribution in [2.24, 2.45) is 0 Å². The van der Waals surface area contributed by atoms with Crippen LogP contribution in [0.25, 0.3) is 11.4 Å². The smallest absolute Gasteiger partial charge is 0.316 e. The van der Waals surface area contributed by atoms with E-state index in [4.69, 9.17) is 16.1 Å². The molecule has 0 saturated carbocycles. The number of carbonyl (C=O) groups excluding carboxylic acids is 2. The lowest BCUT2D eigenvalue weighted by Gasteiger charge is -2.05. The average molecular weight is 389 g/mol. The number of halogens is 2. The molecule has 1 aromatic heterocycles. The molecule has 0 saturated heterocycles. The number of nitrogens with zero attached hydrogens (tertiary/aromatic N) is 2. The first-order valence-corrected chi connectivity index (χ1v) is 8.33. The molecule has 2 amide bonds. The number of hydrogen-bond donors (Lipinski definition) is 2. The Balaban J connectivity index is 1.49. The van der Waals surface area contributed by atoms with Crippen molar-refractivity contribution in [2.45, 2.75) is 0 Å². The van der Waals surface area contributed by atoms with Gasteiger partial charge in [-0.05, 0) is 36.4 Å². The van der Waals surface area contributed by atoms with Crippen molar-refractivity contribution in [3.8, 4) is 11.4 Å². The maximum Gasteiger partial charge on any atom is 0.316 e. The van der Waals surface area contributed by atoms with E-state index in [1.54, 1.807) is 30.3 Å². The van der Waals surface area contributed by atoms with Crippen molar-refractivity contribution >= 4 is 23.4 Å². The molecule has 0 aliphatic carbocycles. The lowest BCUT2D eigenvalue weighted by Crippen LogP contribution is -2.34. The summed E-state index contributed by atoms with van der Waals surface area (Å²) in [6.07, 6.45) is 0. The number of nitrogens with one attached hydrogen (secondary N) is 2. The summed E-state index contributed by atoms with van der Waals surface area (Å²) in [6, 6.07) is 12.3. The van der Waals surface area contributed by atoms with E-state index in [1.165, 1.54) is 18.2 Å². The van der Waals surface area contributed by atoms with Gasteiger partial charge in [0.05, 0.1) is 5.56 Å². The summed E-state index contributed by atoms with van der Waals surface area (Å²) >= 11 is 5.77. The molecule has 7 nitrogen and oxygen atoms in total. The maximum atomic E-state index is 13.7. The minimum absolute atomic E-state index is 0.0192. The molecule has 0 bridgehead atoms. The first-order valence-electron chi connectivity index (χ1n) is 7.95. The molecule has 0 aliphatic heterocycles. The summed E-state index contributed by atoms with van der Waals surface area (Å²) in [5.41, 5.74) is 0.590. The summed E-state index contributed by atoms with van der Waals surface area (Å²) in [4.78, 5) is 27.8. The van der Waals surface area contributed by atoms with E-state index in [1.807, 2.05) is 0 Å². The van der Waals surface area contributed by atoms with Crippen LogP contribution in [-0.2, 0) is 0 Å². The van der Waals surface area contributed by atoms with Crippen LogP contribution in [0.4, 0.5) is 4.39 Å². The fourth-order valence-corrected chi connectivity index (χ4v) is 2.32. The Morgan fingerprint density at radius 3 is 2.37 bits per heavy atom. The summed E-state index contributed by atoms with van der Waals surface area (Å²) in [7, 11) is 0. The molecule has 0 unspecified atom stereocenters. The second-order valence-electron chi connectivity index (χ2n) is 5.42. The minimum Gasteiger partial charge on any atom is -0.350 e. The van der Waals surface area contributed by atoms with Gasteiger partial charge < -0.3 is 15.2 Å². The second kappa shape index (κ2) is 8.41. The second-order valence-corrected chi connectivity index (χ2v) is 5.86. The summed E-state index contributed by atoms with van der Waals surface area (Å²) in [5.74, 6) is -1.74. The molecule has 138 valence electrons. The van der Waals surface area contributed by atoms with Gasteiger partial charge in [-0.25, -0.2) is 4.39 Å². The van der Waals surface area contributed by atoms with E-state index < -0.39 is 11.7 Å². The Morgan fingerprint density at radius 2 is 1.67 bits per heavy atom. The quantitative estimate of drug-likeness (QED) is 0.633.